The van der Waals surface area contributed by atoms with Gasteiger partial charge in [-0.1, -0.05) is 87.5 Å². The van der Waals surface area contributed by atoms with Crippen molar-refractivity contribution in [1.82, 2.24) is 0 Å². The molecule has 3 aliphatic rings. The molecule has 0 bridgehead atoms. The number of fused-ring (bicyclic) bond motifs is 1. The molecule has 0 unspecified atom stereocenters. The van der Waals surface area contributed by atoms with E-state index in [1.54, 1.807) is 0 Å². The minimum Gasteiger partial charge on any atom is -1.00 e. The molecule has 2 saturated heterocycles. The zero-order valence-electron chi connectivity index (χ0n) is 21.7. The van der Waals surface area contributed by atoms with Gasteiger partial charge < -0.3 is 26.2 Å². The molecular weight excluding hydrogens is 494 g/mol. The summed E-state index contributed by atoms with van der Waals surface area (Å²) < 4.78 is 8.33. The number of rotatable bonds is 6. The van der Waals surface area contributed by atoms with Crippen molar-refractivity contribution in [3.05, 3.63) is 83.9 Å². The quantitative estimate of drug-likeness (QED) is 0.431. The van der Waals surface area contributed by atoms with E-state index >= 15 is 0 Å². The molecule has 0 amide bonds. The molecule has 2 aliphatic heterocycles. The lowest BCUT2D eigenvalue weighted by molar-refractivity contribution is -0.968. The topological polar surface area (TPSA) is 9.23 Å². The van der Waals surface area contributed by atoms with Crippen LogP contribution in [0.2, 0.25) is 0 Å². The molecule has 3 aromatic carbocycles. The number of quaternary nitrogens is 1. The van der Waals surface area contributed by atoms with E-state index in [0.29, 0.717) is 17.4 Å². The highest BCUT2D eigenvalue weighted by molar-refractivity contribution is 5.82. The molecular formula is C32H40BrNO. The van der Waals surface area contributed by atoms with Gasteiger partial charge in [-0.2, -0.15) is 0 Å². The zero-order valence-corrected chi connectivity index (χ0v) is 23.3. The summed E-state index contributed by atoms with van der Waals surface area (Å²) in [7, 11) is 0. The molecule has 35 heavy (non-hydrogen) atoms. The molecule has 0 spiro atoms. The Morgan fingerprint density at radius 2 is 1.63 bits per heavy atom. The Morgan fingerprint density at radius 1 is 0.914 bits per heavy atom. The predicted octanol–water partition coefficient (Wildman–Crippen LogP) is 4.22. The predicted molar refractivity (Wildman–Crippen MR) is 140 cm³/mol. The highest BCUT2D eigenvalue weighted by Crippen LogP contribution is 2.67. The number of ether oxygens (including phenoxy) is 1. The average Bonchev–Trinajstić information content (AvgIpc) is 3.38. The molecule has 3 aromatic rings. The summed E-state index contributed by atoms with van der Waals surface area (Å²) in [5, 5.41) is 2.71. The second-order valence-corrected chi connectivity index (χ2v) is 12.1. The standard InChI is InChI=1S/C32H40NO.BrH/c1-23(2)32(34-21-25-10-6-5-7-11-25)22-33(19-24(3)29-16-17-30(32)31(29,33)4)20-26-14-15-27-12-8-9-13-28(27)18-26;/h5-15,18,23-24,29-30H,16-17,19-22H2,1-4H3;1H/q+1;/p-1/t24-,29+,30+,31-,32+,33-;/m1./s1. The largest absolute Gasteiger partial charge is 1.00 e. The molecule has 1 saturated carbocycles. The number of nitrogens with zero attached hydrogens (tertiary/aromatic N) is 1. The van der Waals surface area contributed by atoms with Crippen LogP contribution in [0.5, 0.6) is 0 Å². The maximum absolute atomic E-state index is 7.12. The molecule has 3 heteroatoms. The van der Waals surface area contributed by atoms with Crippen LogP contribution in [0.3, 0.4) is 0 Å². The van der Waals surface area contributed by atoms with E-state index in [9.17, 15) is 0 Å². The van der Waals surface area contributed by atoms with Crippen LogP contribution in [-0.2, 0) is 17.9 Å². The fraction of sp³-hybridized carbons (Fsp3) is 0.500. The molecule has 3 fully saturated rings. The number of benzene rings is 3. The normalized spacial score (nSPS) is 35.4. The third kappa shape index (κ3) is 3.64. The van der Waals surface area contributed by atoms with Crippen molar-refractivity contribution in [2.24, 2.45) is 23.7 Å². The van der Waals surface area contributed by atoms with E-state index < -0.39 is 0 Å². The minimum absolute atomic E-state index is 0. The van der Waals surface area contributed by atoms with E-state index in [1.807, 2.05) is 0 Å². The first-order valence-electron chi connectivity index (χ1n) is 13.4. The van der Waals surface area contributed by atoms with Crippen molar-refractivity contribution in [2.45, 2.75) is 64.8 Å². The summed E-state index contributed by atoms with van der Waals surface area (Å²) in [6.07, 6.45) is 2.68. The molecule has 0 aromatic heterocycles. The molecule has 2 heterocycles. The lowest BCUT2D eigenvalue weighted by atomic mass is 9.72. The van der Waals surface area contributed by atoms with Crippen LogP contribution in [0.1, 0.15) is 51.7 Å². The van der Waals surface area contributed by atoms with Gasteiger partial charge in [-0.05, 0) is 48.1 Å². The SMILES string of the molecule is CC(C)[C@@]1(OCc2ccccc2)C[N@+]2(Cc3ccc4ccccc4c3)C[C@@H](C)[C@@H]3CC[C@H]1[C@@]32C.[Br-]. The molecule has 6 rings (SSSR count). The zero-order chi connectivity index (χ0) is 23.6. The highest BCUT2D eigenvalue weighted by atomic mass is 79.9. The third-order valence-corrected chi connectivity index (χ3v) is 10.3. The van der Waals surface area contributed by atoms with Crippen molar-refractivity contribution in [2.75, 3.05) is 13.1 Å². The molecule has 6 atom stereocenters. The van der Waals surface area contributed by atoms with Gasteiger partial charge >= 0.3 is 0 Å². The highest BCUT2D eigenvalue weighted by Gasteiger charge is 2.78. The van der Waals surface area contributed by atoms with Gasteiger partial charge in [0.1, 0.15) is 24.2 Å². The van der Waals surface area contributed by atoms with Gasteiger partial charge in [0.15, 0.2) is 0 Å². The molecule has 1 aliphatic carbocycles. The van der Waals surface area contributed by atoms with Gasteiger partial charge in [-0.25, -0.2) is 0 Å². The first-order chi connectivity index (χ1) is 16.4. The van der Waals surface area contributed by atoms with E-state index in [0.717, 1.165) is 31.5 Å². The maximum atomic E-state index is 7.12. The first-order valence-corrected chi connectivity index (χ1v) is 13.4. The van der Waals surface area contributed by atoms with Crippen LogP contribution in [-0.4, -0.2) is 28.7 Å². The molecule has 0 radical (unpaired) electrons. The lowest BCUT2D eigenvalue weighted by Gasteiger charge is -2.43. The van der Waals surface area contributed by atoms with E-state index in [-0.39, 0.29) is 22.6 Å². The number of hydrogen-bond donors (Lipinski definition) is 0. The van der Waals surface area contributed by atoms with Crippen LogP contribution in [0.25, 0.3) is 10.8 Å². The summed E-state index contributed by atoms with van der Waals surface area (Å²) in [5.41, 5.74) is 3.02. The van der Waals surface area contributed by atoms with Gasteiger partial charge in [0.2, 0.25) is 0 Å². The number of hydrogen-bond acceptors (Lipinski definition) is 1. The van der Waals surface area contributed by atoms with E-state index in [1.165, 1.54) is 45.8 Å². The van der Waals surface area contributed by atoms with E-state index in [2.05, 4.69) is 100 Å². The summed E-state index contributed by atoms with van der Waals surface area (Å²) in [6.45, 7) is 14.3. The van der Waals surface area contributed by atoms with Gasteiger partial charge in [0.05, 0.1) is 13.2 Å². The van der Waals surface area contributed by atoms with Crippen molar-refractivity contribution in [3.8, 4) is 0 Å². The van der Waals surface area contributed by atoms with Crippen molar-refractivity contribution >= 4 is 10.8 Å². The summed E-state index contributed by atoms with van der Waals surface area (Å²) in [4.78, 5) is 0. The Balaban J connectivity index is 0.00000253. The van der Waals surface area contributed by atoms with Crippen LogP contribution in [0.15, 0.2) is 72.8 Å². The van der Waals surface area contributed by atoms with Crippen LogP contribution in [0, 0.1) is 23.7 Å². The van der Waals surface area contributed by atoms with Crippen molar-refractivity contribution in [3.63, 3.8) is 0 Å². The molecule has 186 valence electrons. The summed E-state index contributed by atoms with van der Waals surface area (Å²) >= 11 is 0. The third-order valence-electron chi connectivity index (χ3n) is 10.3. The summed E-state index contributed by atoms with van der Waals surface area (Å²) in [6, 6.07) is 26.8. The lowest BCUT2D eigenvalue weighted by Crippen LogP contribution is -3.00. The van der Waals surface area contributed by atoms with Gasteiger partial charge in [-0.3, -0.25) is 0 Å². The average molecular weight is 535 g/mol. The fourth-order valence-electron chi connectivity index (χ4n) is 8.83. The Bertz CT molecular complexity index is 1190. The molecule has 2 nitrogen and oxygen atoms in total. The Morgan fingerprint density at radius 3 is 2.37 bits per heavy atom. The molecule has 0 N–H and O–H groups in total. The van der Waals surface area contributed by atoms with Crippen LogP contribution >= 0.6 is 0 Å². The first kappa shape index (κ1) is 25.0. The number of halogens is 1. The van der Waals surface area contributed by atoms with Crippen LogP contribution in [0.4, 0.5) is 0 Å². The van der Waals surface area contributed by atoms with Crippen molar-refractivity contribution < 1.29 is 26.2 Å². The summed E-state index contributed by atoms with van der Waals surface area (Å²) in [5.74, 6) is 2.72. The van der Waals surface area contributed by atoms with Gasteiger partial charge in [0.25, 0.3) is 0 Å². The van der Waals surface area contributed by atoms with Crippen molar-refractivity contribution in [1.29, 1.82) is 0 Å². The van der Waals surface area contributed by atoms with Gasteiger partial charge in [0, 0.05) is 23.3 Å². The van der Waals surface area contributed by atoms with Gasteiger partial charge in [-0.15, -0.1) is 0 Å². The Kier molecular flexibility index (Phi) is 6.43. The smallest absolute Gasteiger partial charge is 0.128 e. The van der Waals surface area contributed by atoms with Crippen LogP contribution < -0.4 is 17.0 Å². The Hall–Kier alpha value is -1.68. The monoisotopic (exact) mass is 533 g/mol. The Labute approximate surface area is 222 Å². The fourth-order valence-corrected chi connectivity index (χ4v) is 8.83. The maximum Gasteiger partial charge on any atom is 0.128 e. The van der Waals surface area contributed by atoms with E-state index in [4.69, 9.17) is 4.74 Å². The second-order valence-electron chi connectivity index (χ2n) is 12.1. The minimum atomic E-state index is -0.0592. The second kappa shape index (κ2) is 9.01.